The topological polar surface area (TPSA) is 37.3 Å². The van der Waals surface area contributed by atoms with Gasteiger partial charge in [-0.25, -0.2) is 0 Å². The van der Waals surface area contributed by atoms with E-state index in [1.54, 1.807) is 24.3 Å². The highest BCUT2D eigenvalue weighted by molar-refractivity contribution is 6.31. The number of allylic oxidation sites excluding steroid dienone is 1. The molecule has 0 bridgehead atoms. The Kier molecular flexibility index (Phi) is 4.97. The van der Waals surface area contributed by atoms with Crippen LogP contribution < -0.4 is 0 Å². The molecule has 2 aromatic carbocycles. The van der Waals surface area contributed by atoms with Crippen LogP contribution in [0.1, 0.15) is 23.5 Å². The second kappa shape index (κ2) is 6.92. The Hall–Kier alpha value is -2.06. The smallest absolute Gasteiger partial charge is 0.311 e. The van der Waals surface area contributed by atoms with Crippen LogP contribution in [0.2, 0.25) is 5.02 Å². The molecule has 102 valence electrons. The molecule has 1 unspecified atom stereocenters. The zero-order chi connectivity index (χ0) is 14.4. The summed E-state index contributed by atoms with van der Waals surface area (Å²) < 4.78 is 0. The first-order valence-electron chi connectivity index (χ1n) is 6.37. The zero-order valence-electron chi connectivity index (χ0n) is 10.9. The lowest BCUT2D eigenvalue weighted by Crippen LogP contribution is -2.11. The van der Waals surface area contributed by atoms with Gasteiger partial charge in [0.05, 0.1) is 5.92 Å². The van der Waals surface area contributed by atoms with Gasteiger partial charge in [0.2, 0.25) is 0 Å². The lowest BCUT2D eigenvalue weighted by molar-refractivity contribution is -0.138. The van der Waals surface area contributed by atoms with E-state index in [0.29, 0.717) is 17.0 Å². The van der Waals surface area contributed by atoms with Crippen LogP contribution >= 0.6 is 11.6 Å². The molecular formula is C17H15ClO2. The van der Waals surface area contributed by atoms with Crippen molar-refractivity contribution in [1.29, 1.82) is 0 Å². The molecule has 0 aliphatic rings. The Bertz CT molecular complexity index is 605. The third-order valence-corrected chi connectivity index (χ3v) is 3.40. The molecule has 1 atom stereocenters. The summed E-state index contributed by atoms with van der Waals surface area (Å²) in [5, 5.41) is 9.85. The van der Waals surface area contributed by atoms with Crippen molar-refractivity contribution in [3.05, 3.63) is 76.8 Å². The second-order valence-electron chi connectivity index (χ2n) is 4.46. The van der Waals surface area contributed by atoms with Crippen LogP contribution in [-0.4, -0.2) is 11.1 Å². The number of rotatable bonds is 5. The largest absolute Gasteiger partial charge is 0.481 e. The van der Waals surface area contributed by atoms with Crippen molar-refractivity contribution in [3.63, 3.8) is 0 Å². The van der Waals surface area contributed by atoms with Crippen molar-refractivity contribution in [2.75, 3.05) is 0 Å². The van der Waals surface area contributed by atoms with Gasteiger partial charge in [-0.15, -0.1) is 0 Å². The van der Waals surface area contributed by atoms with Crippen LogP contribution in [0.5, 0.6) is 0 Å². The molecular weight excluding hydrogens is 272 g/mol. The minimum Gasteiger partial charge on any atom is -0.481 e. The molecule has 2 rings (SSSR count). The highest BCUT2D eigenvalue weighted by Crippen LogP contribution is 2.27. The number of carbonyl (C=O) groups is 1. The Labute approximate surface area is 123 Å². The molecule has 2 nitrogen and oxygen atoms in total. The molecule has 0 heterocycles. The van der Waals surface area contributed by atoms with Gasteiger partial charge in [-0.05, 0) is 23.6 Å². The van der Waals surface area contributed by atoms with Gasteiger partial charge in [0.15, 0.2) is 0 Å². The van der Waals surface area contributed by atoms with Gasteiger partial charge in [0.1, 0.15) is 0 Å². The number of benzene rings is 2. The predicted octanol–water partition coefficient (Wildman–Crippen LogP) is 4.61. The molecule has 0 aliphatic heterocycles. The van der Waals surface area contributed by atoms with E-state index in [4.69, 9.17) is 11.6 Å². The maximum atomic E-state index is 11.4. The molecule has 0 radical (unpaired) electrons. The van der Waals surface area contributed by atoms with Gasteiger partial charge < -0.3 is 5.11 Å². The number of carboxylic acid groups (broad SMARTS) is 1. The molecule has 0 spiro atoms. The van der Waals surface area contributed by atoms with Crippen LogP contribution in [0.3, 0.4) is 0 Å². The summed E-state index contributed by atoms with van der Waals surface area (Å²) >= 11 is 6.07. The predicted molar refractivity (Wildman–Crippen MR) is 81.9 cm³/mol. The maximum absolute atomic E-state index is 11.4. The molecule has 20 heavy (non-hydrogen) atoms. The normalized spacial score (nSPS) is 12.4. The highest BCUT2D eigenvalue weighted by atomic mass is 35.5. The molecule has 0 aliphatic carbocycles. The van der Waals surface area contributed by atoms with E-state index in [-0.39, 0.29) is 0 Å². The number of aliphatic carboxylic acids is 1. The number of carboxylic acids is 1. The van der Waals surface area contributed by atoms with Gasteiger partial charge in [0.25, 0.3) is 0 Å². The molecule has 0 fully saturated rings. The first-order valence-corrected chi connectivity index (χ1v) is 6.75. The van der Waals surface area contributed by atoms with Crippen molar-refractivity contribution >= 4 is 23.6 Å². The first-order chi connectivity index (χ1) is 9.68. The molecule has 0 saturated heterocycles. The summed E-state index contributed by atoms with van der Waals surface area (Å²) in [6, 6.07) is 16.9. The van der Waals surface area contributed by atoms with Crippen molar-refractivity contribution in [3.8, 4) is 0 Å². The van der Waals surface area contributed by atoms with Crippen LogP contribution in [0.4, 0.5) is 0 Å². The highest BCUT2D eigenvalue weighted by Gasteiger charge is 2.20. The second-order valence-corrected chi connectivity index (χ2v) is 4.87. The van der Waals surface area contributed by atoms with Crippen LogP contribution in [0.25, 0.3) is 6.08 Å². The fourth-order valence-corrected chi connectivity index (χ4v) is 2.29. The SMILES string of the molecule is O=C(O)C(CC=Cc1ccccc1)c1ccccc1Cl. The average Bonchev–Trinajstić information content (AvgIpc) is 2.45. The van der Waals surface area contributed by atoms with Crippen LogP contribution in [-0.2, 0) is 4.79 Å². The third-order valence-electron chi connectivity index (χ3n) is 3.06. The standard InChI is InChI=1S/C17H15ClO2/c18-16-12-5-4-10-14(16)15(17(19)20)11-6-9-13-7-2-1-3-8-13/h1-10,12,15H,11H2,(H,19,20). The minimum atomic E-state index is -0.865. The molecule has 1 N–H and O–H groups in total. The Balaban J connectivity index is 2.14. The van der Waals surface area contributed by atoms with Crippen molar-refractivity contribution in [2.24, 2.45) is 0 Å². The molecule has 0 saturated carbocycles. The average molecular weight is 287 g/mol. The van der Waals surface area contributed by atoms with E-state index in [1.165, 1.54) is 0 Å². The lowest BCUT2D eigenvalue weighted by atomic mass is 9.95. The fraction of sp³-hybridized carbons (Fsp3) is 0.118. The molecule has 2 aromatic rings. The number of hydrogen-bond donors (Lipinski definition) is 1. The minimum absolute atomic E-state index is 0.411. The summed E-state index contributed by atoms with van der Waals surface area (Å²) in [5.41, 5.74) is 1.70. The third kappa shape index (κ3) is 3.72. The fourth-order valence-electron chi connectivity index (χ4n) is 2.02. The van der Waals surface area contributed by atoms with E-state index in [1.807, 2.05) is 42.5 Å². The van der Waals surface area contributed by atoms with E-state index in [0.717, 1.165) is 5.56 Å². The maximum Gasteiger partial charge on any atom is 0.311 e. The Morgan fingerprint density at radius 3 is 2.40 bits per heavy atom. The lowest BCUT2D eigenvalue weighted by Gasteiger charge is -2.12. The van der Waals surface area contributed by atoms with E-state index in [2.05, 4.69) is 0 Å². The van der Waals surface area contributed by atoms with Crippen LogP contribution in [0.15, 0.2) is 60.7 Å². The van der Waals surface area contributed by atoms with Gasteiger partial charge in [0, 0.05) is 5.02 Å². The number of halogens is 1. The first kappa shape index (κ1) is 14.4. The summed E-state index contributed by atoms with van der Waals surface area (Å²) in [4.78, 5) is 11.4. The molecule has 0 aromatic heterocycles. The van der Waals surface area contributed by atoms with E-state index >= 15 is 0 Å². The van der Waals surface area contributed by atoms with Gasteiger partial charge >= 0.3 is 5.97 Å². The summed E-state index contributed by atoms with van der Waals surface area (Å²) in [6.45, 7) is 0. The van der Waals surface area contributed by atoms with E-state index in [9.17, 15) is 9.90 Å². The summed E-state index contributed by atoms with van der Waals surface area (Å²) in [6.07, 6.45) is 4.21. The molecule has 0 amide bonds. The van der Waals surface area contributed by atoms with Crippen molar-refractivity contribution in [1.82, 2.24) is 0 Å². The monoisotopic (exact) mass is 286 g/mol. The Morgan fingerprint density at radius 1 is 1.10 bits per heavy atom. The van der Waals surface area contributed by atoms with Crippen molar-refractivity contribution in [2.45, 2.75) is 12.3 Å². The van der Waals surface area contributed by atoms with Gasteiger partial charge in [-0.2, -0.15) is 0 Å². The van der Waals surface area contributed by atoms with E-state index < -0.39 is 11.9 Å². The van der Waals surface area contributed by atoms with Crippen LogP contribution in [0, 0.1) is 0 Å². The number of hydrogen-bond acceptors (Lipinski definition) is 1. The zero-order valence-corrected chi connectivity index (χ0v) is 11.6. The van der Waals surface area contributed by atoms with Crippen molar-refractivity contribution < 1.29 is 9.90 Å². The van der Waals surface area contributed by atoms with Gasteiger partial charge in [-0.1, -0.05) is 72.3 Å². The Morgan fingerprint density at radius 2 is 1.75 bits per heavy atom. The summed E-state index contributed by atoms with van der Waals surface area (Å²) in [7, 11) is 0. The molecule has 3 heteroatoms. The summed E-state index contributed by atoms with van der Waals surface area (Å²) in [5.74, 6) is -1.49. The quantitative estimate of drug-likeness (QED) is 0.871. The van der Waals surface area contributed by atoms with Gasteiger partial charge in [-0.3, -0.25) is 4.79 Å².